The lowest BCUT2D eigenvalue weighted by Crippen LogP contribution is -2.27. The standard InChI is InChI=1S/C12H20N4O/c1-16(2)5-3-4-15-12(17)9-6-10(13)8-11(14)7-9/h6-8H,3-5,13-14H2,1-2H3,(H,15,17). The molecule has 1 aromatic rings. The number of nitrogens with one attached hydrogen (secondary N) is 1. The van der Waals surface area contributed by atoms with Crippen LogP contribution in [0.5, 0.6) is 0 Å². The molecule has 1 amide bonds. The van der Waals surface area contributed by atoms with Crippen LogP contribution in [0.15, 0.2) is 18.2 Å². The van der Waals surface area contributed by atoms with Crippen molar-refractivity contribution >= 4 is 17.3 Å². The van der Waals surface area contributed by atoms with Gasteiger partial charge in [-0.3, -0.25) is 4.79 Å². The van der Waals surface area contributed by atoms with Gasteiger partial charge in [-0.25, -0.2) is 0 Å². The summed E-state index contributed by atoms with van der Waals surface area (Å²) in [7, 11) is 4.00. The van der Waals surface area contributed by atoms with Gasteiger partial charge in [0.1, 0.15) is 0 Å². The van der Waals surface area contributed by atoms with Gasteiger partial charge in [0.2, 0.25) is 0 Å². The molecule has 0 fully saturated rings. The number of nitrogens with two attached hydrogens (primary N) is 2. The van der Waals surface area contributed by atoms with Crippen LogP contribution in [0.25, 0.3) is 0 Å². The van der Waals surface area contributed by atoms with Gasteiger partial charge in [0.15, 0.2) is 0 Å². The summed E-state index contributed by atoms with van der Waals surface area (Å²) in [5.41, 5.74) is 12.8. The molecular formula is C12H20N4O. The third kappa shape index (κ3) is 4.74. The number of nitrogen functional groups attached to an aromatic ring is 2. The van der Waals surface area contributed by atoms with Crippen LogP contribution in [-0.2, 0) is 0 Å². The van der Waals surface area contributed by atoms with E-state index < -0.39 is 0 Å². The van der Waals surface area contributed by atoms with Crippen molar-refractivity contribution < 1.29 is 4.79 Å². The second-order valence-electron chi connectivity index (χ2n) is 4.30. The summed E-state index contributed by atoms with van der Waals surface area (Å²) in [4.78, 5) is 13.8. The molecule has 0 atom stereocenters. The molecule has 0 heterocycles. The first kappa shape index (κ1) is 13.3. The summed E-state index contributed by atoms with van der Waals surface area (Å²) in [5.74, 6) is -0.136. The average molecular weight is 236 g/mol. The highest BCUT2D eigenvalue weighted by atomic mass is 16.1. The molecule has 0 aliphatic heterocycles. The Kier molecular flexibility index (Phi) is 4.78. The van der Waals surface area contributed by atoms with Crippen LogP contribution in [0, 0.1) is 0 Å². The highest BCUT2D eigenvalue weighted by Gasteiger charge is 2.06. The molecule has 0 saturated carbocycles. The van der Waals surface area contributed by atoms with Crippen LogP contribution in [0.3, 0.4) is 0 Å². The molecule has 0 bridgehead atoms. The van der Waals surface area contributed by atoms with E-state index in [2.05, 4.69) is 10.2 Å². The minimum Gasteiger partial charge on any atom is -0.399 e. The molecule has 0 spiro atoms. The Hall–Kier alpha value is -1.75. The van der Waals surface area contributed by atoms with Gasteiger partial charge in [-0.05, 0) is 45.3 Å². The number of rotatable bonds is 5. The predicted octanol–water partition coefficient (Wildman–Crippen LogP) is 0.533. The van der Waals surface area contributed by atoms with Crippen LogP contribution >= 0.6 is 0 Å². The molecule has 1 aromatic carbocycles. The minimum atomic E-state index is -0.136. The van der Waals surface area contributed by atoms with Crippen molar-refractivity contribution in [1.82, 2.24) is 10.2 Å². The fourth-order valence-corrected chi connectivity index (χ4v) is 1.51. The number of anilines is 2. The maximum absolute atomic E-state index is 11.8. The highest BCUT2D eigenvalue weighted by molar-refractivity contribution is 5.96. The van der Waals surface area contributed by atoms with Crippen molar-refractivity contribution in [3.05, 3.63) is 23.8 Å². The lowest BCUT2D eigenvalue weighted by atomic mass is 10.1. The lowest BCUT2D eigenvalue weighted by molar-refractivity contribution is 0.0952. The molecule has 0 saturated heterocycles. The van der Waals surface area contributed by atoms with Gasteiger partial charge in [0.05, 0.1) is 0 Å². The molecule has 5 nitrogen and oxygen atoms in total. The normalized spacial score (nSPS) is 10.5. The molecule has 1 rings (SSSR count). The molecule has 5 heteroatoms. The van der Waals surface area contributed by atoms with Crippen molar-refractivity contribution in [2.75, 3.05) is 38.7 Å². The Morgan fingerprint density at radius 2 is 1.82 bits per heavy atom. The van der Waals surface area contributed by atoms with Gasteiger partial charge >= 0.3 is 0 Å². The zero-order valence-corrected chi connectivity index (χ0v) is 10.4. The van der Waals surface area contributed by atoms with Gasteiger partial charge in [-0.2, -0.15) is 0 Å². The Labute approximate surface area is 102 Å². The zero-order valence-electron chi connectivity index (χ0n) is 10.4. The fourth-order valence-electron chi connectivity index (χ4n) is 1.51. The monoisotopic (exact) mass is 236 g/mol. The van der Waals surface area contributed by atoms with E-state index >= 15 is 0 Å². The number of nitrogens with zero attached hydrogens (tertiary/aromatic N) is 1. The maximum atomic E-state index is 11.8. The van der Waals surface area contributed by atoms with E-state index in [-0.39, 0.29) is 5.91 Å². The summed E-state index contributed by atoms with van der Waals surface area (Å²) in [6.45, 7) is 1.59. The van der Waals surface area contributed by atoms with Gasteiger partial charge in [0.25, 0.3) is 5.91 Å². The zero-order chi connectivity index (χ0) is 12.8. The summed E-state index contributed by atoms with van der Waals surface area (Å²) in [6, 6.07) is 4.87. The second-order valence-corrected chi connectivity index (χ2v) is 4.30. The molecule has 5 N–H and O–H groups in total. The third-order valence-corrected chi connectivity index (χ3v) is 2.31. The quantitative estimate of drug-likeness (QED) is 0.514. The molecule has 0 aliphatic rings. The van der Waals surface area contributed by atoms with E-state index in [0.717, 1.165) is 13.0 Å². The van der Waals surface area contributed by atoms with Crippen molar-refractivity contribution in [3.63, 3.8) is 0 Å². The van der Waals surface area contributed by atoms with Crippen LogP contribution < -0.4 is 16.8 Å². The van der Waals surface area contributed by atoms with Gasteiger partial charge in [-0.15, -0.1) is 0 Å². The summed E-state index contributed by atoms with van der Waals surface area (Å²) in [6.07, 6.45) is 0.913. The molecule has 17 heavy (non-hydrogen) atoms. The third-order valence-electron chi connectivity index (χ3n) is 2.31. The highest BCUT2D eigenvalue weighted by Crippen LogP contribution is 2.13. The second kappa shape index (κ2) is 6.10. The Morgan fingerprint density at radius 3 is 2.35 bits per heavy atom. The Bertz CT molecular complexity index is 370. The smallest absolute Gasteiger partial charge is 0.251 e. The summed E-state index contributed by atoms with van der Waals surface area (Å²) >= 11 is 0. The molecule has 94 valence electrons. The molecule has 0 unspecified atom stereocenters. The van der Waals surface area contributed by atoms with E-state index in [1.54, 1.807) is 18.2 Å². The van der Waals surface area contributed by atoms with Crippen molar-refractivity contribution in [3.8, 4) is 0 Å². The molecule has 0 aromatic heterocycles. The molecule has 0 radical (unpaired) electrons. The van der Waals surface area contributed by atoms with E-state index in [1.165, 1.54) is 0 Å². The van der Waals surface area contributed by atoms with Crippen LogP contribution in [0.4, 0.5) is 11.4 Å². The van der Waals surface area contributed by atoms with Crippen LogP contribution in [0.1, 0.15) is 16.8 Å². The number of hydrogen-bond donors (Lipinski definition) is 3. The number of benzene rings is 1. The van der Waals surface area contributed by atoms with Crippen LogP contribution in [-0.4, -0.2) is 38.0 Å². The number of carbonyl (C=O) groups excluding carboxylic acids is 1. The summed E-state index contributed by atoms with van der Waals surface area (Å²) < 4.78 is 0. The van der Waals surface area contributed by atoms with E-state index in [0.29, 0.717) is 23.5 Å². The first-order valence-electron chi connectivity index (χ1n) is 5.58. The minimum absolute atomic E-state index is 0.136. The van der Waals surface area contributed by atoms with Gasteiger partial charge in [0, 0.05) is 23.5 Å². The topological polar surface area (TPSA) is 84.4 Å². The number of carbonyl (C=O) groups is 1. The Morgan fingerprint density at radius 1 is 1.24 bits per heavy atom. The SMILES string of the molecule is CN(C)CCCNC(=O)c1cc(N)cc(N)c1. The predicted molar refractivity (Wildman–Crippen MR) is 70.8 cm³/mol. The number of hydrogen-bond acceptors (Lipinski definition) is 4. The van der Waals surface area contributed by atoms with Crippen molar-refractivity contribution in [2.45, 2.75) is 6.42 Å². The van der Waals surface area contributed by atoms with Crippen molar-refractivity contribution in [2.24, 2.45) is 0 Å². The summed E-state index contributed by atoms with van der Waals surface area (Å²) in [5, 5.41) is 2.83. The molecule has 0 aliphatic carbocycles. The average Bonchev–Trinajstić information content (AvgIpc) is 2.22. The number of amides is 1. The van der Waals surface area contributed by atoms with Crippen LogP contribution in [0.2, 0.25) is 0 Å². The van der Waals surface area contributed by atoms with Gasteiger partial charge in [-0.1, -0.05) is 0 Å². The van der Waals surface area contributed by atoms with Crippen molar-refractivity contribution in [1.29, 1.82) is 0 Å². The Balaban J connectivity index is 2.47. The van der Waals surface area contributed by atoms with E-state index in [9.17, 15) is 4.79 Å². The maximum Gasteiger partial charge on any atom is 0.251 e. The lowest BCUT2D eigenvalue weighted by Gasteiger charge is -2.10. The van der Waals surface area contributed by atoms with E-state index in [4.69, 9.17) is 11.5 Å². The van der Waals surface area contributed by atoms with E-state index in [1.807, 2.05) is 14.1 Å². The first-order valence-corrected chi connectivity index (χ1v) is 5.58. The molecular weight excluding hydrogens is 216 g/mol. The largest absolute Gasteiger partial charge is 0.399 e. The fraction of sp³-hybridized carbons (Fsp3) is 0.417. The van der Waals surface area contributed by atoms with Gasteiger partial charge < -0.3 is 21.7 Å². The first-order chi connectivity index (χ1) is 7.99.